The van der Waals surface area contributed by atoms with Crippen molar-refractivity contribution >= 4 is 0 Å². The van der Waals surface area contributed by atoms with Gasteiger partial charge in [0.1, 0.15) is 0 Å². The first kappa shape index (κ1) is 9.16. The molecule has 1 aromatic heterocycles. The van der Waals surface area contributed by atoms with Gasteiger partial charge < -0.3 is 10.8 Å². The maximum atomic E-state index is 9.41. The van der Waals surface area contributed by atoms with Crippen LogP contribution in [0.5, 0.6) is 0 Å². The molecule has 0 fully saturated rings. The van der Waals surface area contributed by atoms with Crippen LogP contribution in [-0.4, -0.2) is 22.2 Å². The molecule has 0 aliphatic rings. The third-order valence-electron chi connectivity index (χ3n) is 1.75. The van der Waals surface area contributed by atoms with Crippen LogP contribution in [0.3, 0.4) is 0 Å². The number of hydrogen-bond donors (Lipinski definition) is 2. The van der Waals surface area contributed by atoms with Gasteiger partial charge >= 0.3 is 0 Å². The van der Waals surface area contributed by atoms with E-state index in [1.165, 1.54) is 0 Å². The Morgan fingerprint density at radius 3 is 2.83 bits per heavy atom. The van der Waals surface area contributed by atoms with Crippen molar-refractivity contribution in [3.05, 3.63) is 30.1 Å². The van der Waals surface area contributed by atoms with Gasteiger partial charge in [-0.3, -0.25) is 4.98 Å². The van der Waals surface area contributed by atoms with Crippen LogP contribution >= 0.6 is 0 Å². The first-order chi connectivity index (χ1) is 5.70. The lowest BCUT2D eigenvalue weighted by Crippen LogP contribution is -2.33. The standard InChI is InChI=1S/C9H14N2O/c1-7(10)9(12)6-8-4-2-3-5-11-8/h2-5,7,9,12H,6,10H2,1H3/t7-,9?/m0/s1. The summed E-state index contributed by atoms with van der Waals surface area (Å²) >= 11 is 0. The minimum Gasteiger partial charge on any atom is -0.391 e. The maximum Gasteiger partial charge on any atom is 0.0743 e. The zero-order valence-electron chi connectivity index (χ0n) is 7.14. The Bertz CT molecular complexity index is 223. The molecule has 0 aliphatic heterocycles. The van der Waals surface area contributed by atoms with Crippen LogP contribution in [0.1, 0.15) is 12.6 Å². The molecule has 1 heterocycles. The molecule has 1 rings (SSSR count). The average Bonchev–Trinajstić information content (AvgIpc) is 2.06. The molecule has 0 spiro atoms. The molecule has 3 heteroatoms. The van der Waals surface area contributed by atoms with Gasteiger partial charge in [0, 0.05) is 24.4 Å². The Morgan fingerprint density at radius 2 is 2.33 bits per heavy atom. The molecule has 0 aliphatic carbocycles. The van der Waals surface area contributed by atoms with Gasteiger partial charge in [-0.2, -0.15) is 0 Å². The molecular formula is C9H14N2O. The van der Waals surface area contributed by atoms with Gasteiger partial charge in [0.15, 0.2) is 0 Å². The highest BCUT2D eigenvalue weighted by molar-refractivity contribution is 5.04. The lowest BCUT2D eigenvalue weighted by Gasteiger charge is -2.13. The topological polar surface area (TPSA) is 59.1 Å². The van der Waals surface area contributed by atoms with Crippen molar-refractivity contribution in [1.29, 1.82) is 0 Å². The summed E-state index contributed by atoms with van der Waals surface area (Å²) in [5.74, 6) is 0. The highest BCUT2D eigenvalue weighted by Crippen LogP contribution is 2.00. The fraction of sp³-hybridized carbons (Fsp3) is 0.444. The van der Waals surface area contributed by atoms with Gasteiger partial charge in [-0.1, -0.05) is 6.07 Å². The molecule has 12 heavy (non-hydrogen) atoms. The first-order valence-electron chi connectivity index (χ1n) is 4.03. The van der Waals surface area contributed by atoms with Gasteiger partial charge in [0.25, 0.3) is 0 Å². The van der Waals surface area contributed by atoms with Crippen LogP contribution < -0.4 is 5.73 Å². The summed E-state index contributed by atoms with van der Waals surface area (Å²) in [7, 11) is 0. The number of hydrogen-bond acceptors (Lipinski definition) is 3. The lowest BCUT2D eigenvalue weighted by molar-refractivity contribution is 0.150. The minimum atomic E-state index is -0.500. The molecule has 1 aromatic rings. The second-order valence-electron chi connectivity index (χ2n) is 2.95. The zero-order valence-corrected chi connectivity index (χ0v) is 7.14. The van der Waals surface area contributed by atoms with Crippen LogP contribution in [0, 0.1) is 0 Å². The Labute approximate surface area is 72.2 Å². The number of aliphatic hydroxyl groups excluding tert-OH is 1. The number of rotatable bonds is 3. The van der Waals surface area contributed by atoms with E-state index in [1.807, 2.05) is 18.2 Å². The average molecular weight is 166 g/mol. The maximum absolute atomic E-state index is 9.41. The number of pyridine rings is 1. The number of nitrogens with zero attached hydrogens (tertiary/aromatic N) is 1. The second-order valence-corrected chi connectivity index (χ2v) is 2.95. The third kappa shape index (κ3) is 2.60. The van der Waals surface area contributed by atoms with E-state index in [4.69, 9.17) is 5.73 Å². The summed E-state index contributed by atoms with van der Waals surface area (Å²) in [5.41, 5.74) is 6.38. The van der Waals surface area contributed by atoms with Crippen molar-refractivity contribution in [2.45, 2.75) is 25.5 Å². The first-order valence-corrected chi connectivity index (χ1v) is 4.03. The predicted molar refractivity (Wildman–Crippen MR) is 47.6 cm³/mol. The fourth-order valence-corrected chi connectivity index (χ4v) is 0.919. The van der Waals surface area contributed by atoms with E-state index in [0.717, 1.165) is 5.69 Å². The monoisotopic (exact) mass is 166 g/mol. The highest BCUT2D eigenvalue weighted by atomic mass is 16.3. The normalized spacial score (nSPS) is 15.6. The van der Waals surface area contributed by atoms with Crippen LogP contribution in [0.25, 0.3) is 0 Å². The van der Waals surface area contributed by atoms with Crippen LogP contribution in [0.2, 0.25) is 0 Å². The van der Waals surface area contributed by atoms with E-state index in [-0.39, 0.29) is 6.04 Å². The van der Waals surface area contributed by atoms with E-state index in [1.54, 1.807) is 13.1 Å². The molecule has 0 saturated carbocycles. The van der Waals surface area contributed by atoms with Crippen molar-refractivity contribution in [1.82, 2.24) is 4.98 Å². The van der Waals surface area contributed by atoms with E-state index < -0.39 is 6.10 Å². The summed E-state index contributed by atoms with van der Waals surface area (Å²) in [4.78, 5) is 4.09. The fourth-order valence-electron chi connectivity index (χ4n) is 0.919. The highest BCUT2D eigenvalue weighted by Gasteiger charge is 2.10. The quantitative estimate of drug-likeness (QED) is 0.680. The molecular weight excluding hydrogens is 152 g/mol. The van der Waals surface area contributed by atoms with Crippen LogP contribution in [0.15, 0.2) is 24.4 Å². The van der Waals surface area contributed by atoms with Gasteiger partial charge in [0.2, 0.25) is 0 Å². The largest absolute Gasteiger partial charge is 0.391 e. The molecule has 0 radical (unpaired) electrons. The second kappa shape index (κ2) is 4.18. The minimum absolute atomic E-state index is 0.202. The van der Waals surface area contributed by atoms with Gasteiger partial charge in [-0.15, -0.1) is 0 Å². The molecule has 0 bridgehead atoms. The molecule has 3 N–H and O–H groups in total. The molecule has 0 aromatic carbocycles. The summed E-state index contributed by atoms with van der Waals surface area (Å²) in [6.07, 6.45) is 1.74. The van der Waals surface area contributed by atoms with Gasteiger partial charge in [-0.05, 0) is 19.1 Å². The van der Waals surface area contributed by atoms with Gasteiger partial charge in [0.05, 0.1) is 6.10 Å². The molecule has 1 unspecified atom stereocenters. The summed E-state index contributed by atoms with van der Waals surface area (Å²) in [6, 6.07) is 5.43. The zero-order chi connectivity index (χ0) is 8.97. The molecule has 3 nitrogen and oxygen atoms in total. The molecule has 2 atom stereocenters. The summed E-state index contributed by atoms with van der Waals surface area (Å²) in [6.45, 7) is 1.79. The van der Waals surface area contributed by atoms with Crippen molar-refractivity contribution in [2.75, 3.05) is 0 Å². The lowest BCUT2D eigenvalue weighted by atomic mass is 10.1. The Kier molecular flexibility index (Phi) is 3.19. The molecule has 0 amide bonds. The summed E-state index contributed by atoms with van der Waals surface area (Å²) < 4.78 is 0. The van der Waals surface area contributed by atoms with E-state index >= 15 is 0 Å². The Hall–Kier alpha value is -0.930. The Morgan fingerprint density at radius 1 is 1.58 bits per heavy atom. The van der Waals surface area contributed by atoms with Crippen molar-refractivity contribution in [3.63, 3.8) is 0 Å². The Balaban J connectivity index is 2.53. The summed E-state index contributed by atoms with van der Waals surface area (Å²) in [5, 5.41) is 9.41. The van der Waals surface area contributed by atoms with Crippen LogP contribution in [-0.2, 0) is 6.42 Å². The molecule has 66 valence electrons. The van der Waals surface area contributed by atoms with Crippen LogP contribution in [0.4, 0.5) is 0 Å². The van der Waals surface area contributed by atoms with E-state index in [2.05, 4.69) is 4.98 Å². The smallest absolute Gasteiger partial charge is 0.0743 e. The van der Waals surface area contributed by atoms with Gasteiger partial charge in [-0.25, -0.2) is 0 Å². The SMILES string of the molecule is C[C@H](N)C(O)Cc1ccccn1. The van der Waals surface area contributed by atoms with E-state index in [0.29, 0.717) is 6.42 Å². The van der Waals surface area contributed by atoms with Crippen molar-refractivity contribution in [2.24, 2.45) is 5.73 Å². The number of nitrogens with two attached hydrogens (primary N) is 1. The number of aromatic nitrogens is 1. The van der Waals surface area contributed by atoms with Crippen molar-refractivity contribution in [3.8, 4) is 0 Å². The molecule has 0 saturated heterocycles. The number of aliphatic hydroxyl groups is 1. The predicted octanol–water partition coefficient (Wildman–Crippen LogP) is 0.332. The van der Waals surface area contributed by atoms with Crippen molar-refractivity contribution < 1.29 is 5.11 Å². The van der Waals surface area contributed by atoms with E-state index in [9.17, 15) is 5.11 Å². The third-order valence-corrected chi connectivity index (χ3v) is 1.75.